The summed E-state index contributed by atoms with van der Waals surface area (Å²) in [6, 6.07) is 14.3. The number of rotatable bonds is 5. The molecule has 1 unspecified atom stereocenters. The maximum absolute atomic E-state index is 11.8. The molecule has 0 aliphatic heterocycles. The molecule has 4 heteroatoms. The molecule has 19 heavy (non-hydrogen) atoms. The zero-order valence-corrected chi connectivity index (χ0v) is 10.4. The molecule has 96 valence electrons. The molecule has 0 bridgehead atoms. The summed E-state index contributed by atoms with van der Waals surface area (Å²) in [5.74, 6) is 0.607. The van der Waals surface area contributed by atoms with Crippen LogP contribution in [0.3, 0.4) is 0 Å². The molecule has 2 rings (SSSR count). The number of amides is 1. The average molecular weight is 254 g/mol. The lowest BCUT2D eigenvalue weighted by atomic mass is 10.1. The molecule has 0 aliphatic carbocycles. The highest BCUT2D eigenvalue weighted by Crippen LogP contribution is 2.12. The Hall–Kier alpha value is -2.54. The van der Waals surface area contributed by atoms with Crippen LogP contribution in [0.5, 0.6) is 0 Å². The fraction of sp³-hybridized carbons (Fsp3) is 0.200. The van der Waals surface area contributed by atoms with Crippen LogP contribution in [0.25, 0.3) is 0 Å². The summed E-state index contributed by atoms with van der Waals surface area (Å²) in [7, 11) is 0. The van der Waals surface area contributed by atoms with Crippen LogP contribution in [0.4, 0.5) is 0 Å². The van der Waals surface area contributed by atoms with Gasteiger partial charge in [-0.25, -0.2) is 0 Å². The van der Waals surface area contributed by atoms with Crippen molar-refractivity contribution in [3.05, 3.63) is 60.1 Å². The number of carbonyl (C=O) groups is 1. The minimum atomic E-state index is -0.606. The highest BCUT2D eigenvalue weighted by atomic mass is 16.3. The third-order valence-electron chi connectivity index (χ3n) is 2.75. The van der Waals surface area contributed by atoms with Crippen molar-refractivity contribution in [3.63, 3.8) is 0 Å². The van der Waals surface area contributed by atoms with E-state index in [1.807, 2.05) is 36.4 Å². The van der Waals surface area contributed by atoms with Gasteiger partial charge in [0.05, 0.1) is 12.3 Å². The predicted octanol–water partition coefficient (Wildman–Crippen LogP) is 2.59. The van der Waals surface area contributed by atoms with E-state index in [0.29, 0.717) is 12.8 Å². The molecular weight excluding hydrogens is 240 g/mol. The molecule has 1 amide bonds. The number of furan rings is 1. The van der Waals surface area contributed by atoms with Gasteiger partial charge in [0.15, 0.2) is 0 Å². The van der Waals surface area contributed by atoms with E-state index in [4.69, 9.17) is 9.68 Å². The molecule has 1 atom stereocenters. The van der Waals surface area contributed by atoms with E-state index in [2.05, 4.69) is 11.4 Å². The van der Waals surface area contributed by atoms with Crippen LogP contribution < -0.4 is 5.32 Å². The smallest absolute Gasteiger partial charge is 0.221 e. The second kappa shape index (κ2) is 6.41. The minimum Gasteiger partial charge on any atom is -0.469 e. The van der Waals surface area contributed by atoms with Gasteiger partial charge in [-0.05, 0) is 17.7 Å². The number of hydrogen-bond donors (Lipinski definition) is 1. The topological polar surface area (TPSA) is 66.0 Å². The van der Waals surface area contributed by atoms with Crippen LogP contribution in [0.1, 0.15) is 23.8 Å². The lowest BCUT2D eigenvalue weighted by molar-refractivity contribution is -0.121. The quantitative estimate of drug-likeness (QED) is 0.891. The standard InChI is InChI=1S/C15H14N2O2/c16-11-14(12-5-2-1-3-6-12)17-15(18)9-8-13-7-4-10-19-13/h1-7,10,14H,8-9H2,(H,17,18). The molecule has 1 N–H and O–H groups in total. The van der Waals surface area contributed by atoms with Crippen molar-refractivity contribution in [1.82, 2.24) is 5.32 Å². The fourth-order valence-corrected chi connectivity index (χ4v) is 1.76. The van der Waals surface area contributed by atoms with E-state index in [9.17, 15) is 4.79 Å². The van der Waals surface area contributed by atoms with Crippen molar-refractivity contribution in [2.24, 2.45) is 0 Å². The number of nitrogens with one attached hydrogen (secondary N) is 1. The summed E-state index contributed by atoms with van der Waals surface area (Å²) in [5, 5.41) is 11.8. The van der Waals surface area contributed by atoms with Gasteiger partial charge in [-0.3, -0.25) is 4.79 Å². The Morgan fingerprint density at radius 3 is 2.68 bits per heavy atom. The van der Waals surface area contributed by atoms with Gasteiger partial charge in [0.1, 0.15) is 11.8 Å². The van der Waals surface area contributed by atoms with Gasteiger partial charge in [-0.2, -0.15) is 5.26 Å². The lowest BCUT2D eigenvalue weighted by Gasteiger charge is -2.11. The van der Waals surface area contributed by atoms with Crippen molar-refractivity contribution in [3.8, 4) is 6.07 Å². The van der Waals surface area contributed by atoms with Gasteiger partial charge < -0.3 is 9.73 Å². The van der Waals surface area contributed by atoms with Crippen LogP contribution in [-0.2, 0) is 11.2 Å². The van der Waals surface area contributed by atoms with Crippen molar-refractivity contribution < 1.29 is 9.21 Å². The first-order chi connectivity index (χ1) is 9.29. The molecule has 1 aromatic carbocycles. The summed E-state index contributed by atoms with van der Waals surface area (Å²) >= 11 is 0. The van der Waals surface area contributed by atoms with Gasteiger partial charge in [0.2, 0.25) is 5.91 Å². The molecule has 0 aliphatic rings. The summed E-state index contributed by atoms with van der Waals surface area (Å²) in [5.41, 5.74) is 0.788. The number of hydrogen-bond acceptors (Lipinski definition) is 3. The SMILES string of the molecule is N#CC(NC(=O)CCc1ccco1)c1ccccc1. The summed E-state index contributed by atoms with van der Waals surface area (Å²) in [4.78, 5) is 11.8. The Kier molecular flexibility index (Phi) is 4.35. The molecule has 1 heterocycles. The molecule has 4 nitrogen and oxygen atoms in total. The highest BCUT2D eigenvalue weighted by Gasteiger charge is 2.13. The second-order valence-corrected chi connectivity index (χ2v) is 4.12. The van der Waals surface area contributed by atoms with Crippen molar-refractivity contribution in [2.75, 3.05) is 0 Å². The van der Waals surface area contributed by atoms with Gasteiger partial charge >= 0.3 is 0 Å². The normalized spacial score (nSPS) is 11.5. The zero-order chi connectivity index (χ0) is 13.5. The van der Waals surface area contributed by atoms with E-state index < -0.39 is 6.04 Å². The monoisotopic (exact) mass is 254 g/mol. The highest BCUT2D eigenvalue weighted by molar-refractivity contribution is 5.77. The zero-order valence-electron chi connectivity index (χ0n) is 10.4. The van der Waals surface area contributed by atoms with Crippen molar-refractivity contribution in [1.29, 1.82) is 5.26 Å². The number of nitrogens with zero attached hydrogens (tertiary/aromatic N) is 1. The largest absolute Gasteiger partial charge is 0.469 e. The average Bonchev–Trinajstić information content (AvgIpc) is 2.97. The third-order valence-corrected chi connectivity index (χ3v) is 2.75. The molecule has 0 fully saturated rings. The van der Waals surface area contributed by atoms with E-state index in [1.54, 1.807) is 12.3 Å². The van der Waals surface area contributed by atoms with Crippen LogP contribution in [0.15, 0.2) is 53.1 Å². The Balaban J connectivity index is 1.89. The Morgan fingerprint density at radius 2 is 2.05 bits per heavy atom. The molecule has 1 aromatic heterocycles. The molecule has 2 aromatic rings. The maximum Gasteiger partial charge on any atom is 0.221 e. The minimum absolute atomic E-state index is 0.160. The first-order valence-corrected chi connectivity index (χ1v) is 6.06. The van der Waals surface area contributed by atoms with E-state index >= 15 is 0 Å². The summed E-state index contributed by atoms with van der Waals surface area (Å²) in [6.07, 6.45) is 2.42. The summed E-state index contributed by atoms with van der Waals surface area (Å²) in [6.45, 7) is 0. The van der Waals surface area contributed by atoms with E-state index in [0.717, 1.165) is 11.3 Å². The second-order valence-electron chi connectivity index (χ2n) is 4.12. The molecular formula is C15H14N2O2. The molecule has 0 saturated carbocycles. The van der Waals surface area contributed by atoms with Gasteiger partial charge in [0, 0.05) is 12.8 Å². The van der Waals surface area contributed by atoms with E-state index in [1.165, 1.54) is 0 Å². The number of nitriles is 1. The van der Waals surface area contributed by atoms with Crippen molar-refractivity contribution in [2.45, 2.75) is 18.9 Å². The van der Waals surface area contributed by atoms with Crippen molar-refractivity contribution >= 4 is 5.91 Å². The Labute approximate surface area is 111 Å². The first-order valence-electron chi connectivity index (χ1n) is 6.06. The van der Waals surface area contributed by atoms with E-state index in [-0.39, 0.29) is 5.91 Å². The molecule has 0 saturated heterocycles. The first kappa shape index (κ1) is 12.9. The predicted molar refractivity (Wildman–Crippen MR) is 70.0 cm³/mol. The Bertz CT molecular complexity index is 556. The van der Waals surface area contributed by atoms with Crippen LogP contribution in [-0.4, -0.2) is 5.91 Å². The van der Waals surface area contributed by atoms with Crippen LogP contribution in [0, 0.1) is 11.3 Å². The van der Waals surface area contributed by atoms with Gasteiger partial charge in [-0.1, -0.05) is 30.3 Å². The number of aryl methyl sites for hydroxylation is 1. The van der Waals surface area contributed by atoms with Crippen LogP contribution >= 0.6 is 0 Å². The van der Waals surface area contributed by atoms with Gasteiger partial charge in [-0.15, -0.1) is 0 Å². The fourth-order valence-electron chi connectivity index (χ4n) is 1.76. The molecule has 0 spiro atoms. The van der Waals surface area contributed by atoms with Crippen LogP contribution in [0.2, 0.25) is 0 Å². The maximum atomic E-state index is 11.8. The number of benzene rings is 1. The molecule has 0 radical (unpaired) electrons. The van der Waals surface area contributed by atoms with Gasteiger partial charge in [0.25, 0.3) is 0 Å². The third kappa shape index (κ3) is 3.71. The lowest BCUT2D eigenvalue weighted by Crippen LogP contribution is -2.27. The Morgan fingerprint density at radius 1 is 1.26 bits per heavy atom. The number of carbonyl (C=O) groups excluding carboxylic acids is 1. The summed E-state index contributed by atoms with van der Waals surface area (Å²) < 4.78 is 5.15.